The van der Waals surface area contributed by atoms with Gasteiger partial charge in [-0.05, 0) is 99.2 Å². The van der Waals surface area contributed by atoms with Crippen LogP contribution in [0.2, 0.25) is 5.02 Å². The van der Waals surface area contributed by atoms with E-state index >= 15 is 0 Å². The number of esters is 1. The topological polar surface area (TPSA) is 174 Å². The van der Waals surface area contributed by atoms with Gasteiger partial charge in [0.15, 0.2) is 6.61 Å². The number of nitrogens with zero attached hydrogens (tertiary/aromatic N) is 3. The van der Waals surface area contributed by atoms with Crippen molar-refractivity contribution < 1.29 is 46.2 Å². The lowest BCUT2D eigenvalue weighted by atomic mass is 9.94. The molecule has 4 N–H and O–H groups in total. The van der Waals surface area contributed by atoms with Gasteiger partial charge in [0, 0.05) is 28.2 Å². The molecule has 1 atom stereocenters. The molecule has 1 fully saturated rings. The highest BCUT2D eigenvalue weighted by atomic mass is 35.5. The fourth-order valence-electron chi connectivity index (χ4n) is 5.66. The molecule has 0 bridgehead atoms. The summed E-state index contributed by atoms with van der Waals surface area (Å²) in [5, 5.41) is 11.8. The predicted octanol–water partition coefficient (Wildman–Crippen LogP) is 6.21. The van der Waals surface area contributed by atoms with Crippen LogP contribution in [-0.4, -0.2) is 70.0 Å². The summed E-state index contributed by atoms with van der Waals surface area (Å²) in [6, 6.07) is 16.7. The molecule has 0 radical (unpaired) electrons. The van der Waals surface area contributed by atoms with E-state index in [0.717, 1.165) is 18.2 Å². The summed E-state index contributed by atoms with van der Waals surface area (Å²) in [7, 11) is 1.11. The Morgan fingerprint density at radius 2 is 1.54 bits per heavy atom. The molecule has 56 heavy (non-hydrogen) atoms. The minimum absolute atomic E-state index is 0.0401. The lowest BCUT2D eigenvalue weighted by Gasteiger charge is -2.26. The van der Waals surface area contributed by atoms with Gasteiger partial charge < -0.3 is 30.7 Å². The highest BCUT2D eigenvalue weighted by Gasteiger charge is 2.45. The molecule has 0 aliphatic heterocycles. The van der Waals surface area contributed by atoms with Gasteiger partial charge in [-0.1, -0.05) is 35.9 Å². The summed E-state index contributed by atoms with van der Waals surface area (Å²) in [4.78, 5) is 63.4. The van der Waals surface area contributed by atoms with Crippen LogP contribution in [0.3, 0.4) is 0 Å². The Morgan fingerprint density at radius 3 is 2.14 bits per heavy atom. The van der Waals surface area contributed by atoms with Crippen LogP contribution >= 0.6 is 11.6 Å². The highest BCUT2D eigenvalue weighted by molar-refractivity contribution is 6.36. The number of rotatable bonds is 17. The number of benzene rings is 3. The van der Waals surface area contributed by atoms with E-state index in [-0.39, 0.29) is 30.3 Å². The summed E-state index contributed by atoms with van der Waals surface area (Å²) < 4.78 is 61.8. The highest BCUT2D eigenvalue weighted by Crippen LogP contribution is 2.48. The third-order valence-electron chi connectivity index (χ3n) is 8.60. The molecular formula is C38H38ClF4N7O6. The van der Waals surface area contributed by atoms with Crippen LogP contribution in [0.5, 0.6) is 6.01 Å². The van der Waals surface area contributed by atoms with Crippen molar-refractivity contribution in [2.24, 2.45) is 0 Å². The van der Waals surface area contributed by atoms with E-state index in [9.17, 15) is 36.7 Å². The molecule has 3 aromatic carbocycles. The van der Waals surface area contributed by atoms with Gasteiger partial charge in [-0.3, -0.25) is 14.4 Å². The monoisotopic (exact) mass is 799 g/mol. The first kappa shape index (κ1) is 41.3. The van der Waals surface area contributed by atoms with Crippen LogP contribution in [0, 0.1) is 5.82 Å². The van der Waals surface area contributed by atoms with Gasteiger partial charge in [-0.2, -0.15) is 28.1 Å². The maximum Gasteiger partial charge on any atom is 0.422 e. The van der Waals surface area contributed by atoms with Crippen molar-refractivity contribution in [1.29, 1.82) is 0 Å². The fraction of sp³-hybridized carbons (Fsp3) is 0.342. The summed E-state index contributed by atoms with van der Waals surface area (Å²) in [5.74, 6) is -3.84. The Kier molecular flexibility index (Phi) is 12.8. The molecule has 5 rings (SSSR count). The Labute approximate surface area is 323 Å². The number of hydrogen-bond acceptors (Lipinski definition) is 11. The summed E-state index contributed by atoms with van der Waals surface area (Å²) in [6.07, 6.45) is -3.56. The van der Waals surface area contributed by atoms with Crippen molar-refractivity contribution in [3.8, 4) is 6.01 Å². The quantitative estimate of drug-likeness (QED) is 0.0544. The van der Waals surface area contributed by atoms with Crippen LogP contribution in [0.1, 0.15) is 61.0 Å². The zero-order chi connectivity index (χ0) is 40.7. The zero-order valence-electron chi connectivity index (χ0n) is 30.4. The number of ketones is 1. The second-order valence-electron chi connectivity index (χ2n) is 13.7. The average Bonchev–Trinajstić information content (AvgIpc) is 3.93. The predicted molar refractivity (Wildman–Crippen MR) is 197 cm³/mol. The van der Waals surface area contributed by atoms with E-state index < -0.39 is 65.3 Å². The van der Waals surface area contributed by atoms with E-state index in [4.69, 9.17) is 21.1 Å². The van der Waals surface area contributed by atoms with Crippen LogP contribution in [0.15, 0.2) is 72.8 Å². The van der Waals surface area contributed by atoms with Crippen LogP contribution in [0.4, 0.5) is 35.1 Å². The van der Waals surface area contributed by atoms with Gasteiger partial charge in [0.25, 0.3) is 11.8 Å². The summed E-state index contributed by atoms with van der Waals surface area (Å²) >= 11 is 6.03. The average molecular weight is 800 g/mol. The second kappa shape index (κ2) is 17.3. The zero-order valence-corrected chi connectivity index (χ0v) is 31.2. The SMILES string of the molecule is COC(=O)[C@H](CCC(=O)C(=O)NC(C)(C)Cc1ccc(F)cc1)NC(=O)c1ccc(Nc2nc(NC3(c4ccc(Cl)cc4)CC3)nc(OCC(F)(F)F)n2)cc1. The number of aromatic nitrogens is 3. The number of anilines is 3. The number of Topliss-reactive ketones (excluding diaryl/α,β-unsaturated/α-hetero) is 1. The normalized spacial score (nSPS) is 13.9. The van der Waals surface area contributed by atoms with Gasteiger partial charge in [-0.15, -0.1) is 0 Å². The van der Waals surface area contributed by atoms with Gasteiger partial charge in [0.1, 0.15) is 11.9 Å². The van der Waals surface area contributed by atoms with Crippen molar-refractivity contribution in [3.05, 3.63) is 100 Å². The van der Waals surface area contributed by atoms with Gasteiger partial charge in [0.2, 0.25) is 17.7 Å². The molecule has 1 saturated carbocycles. The van der Waals surface area contributed by atoms with Gasteiger partial charge in [-0.25, -0.2) is 9.18 Å². The Bertz CT molecular complexity index is 2050. The van der Waals surface area contributed by atoms with Crippen LogP contribution < -0.4 is 26.0 Å². The number of carbonyl (C=O) groups excluding carboxylic acids is 4. The van der Waals surface area contributed by atoms with Crippen LogP contribution in [-0.2, 0) is 31.1 Å². The lowest BCUT2D eigenvalue weighted by Crippen LogP contribution is -2.48. The van der Waals surface area contributed by atoms with Crippen molar-refractivity contribution in [3.63, 3.8) is 0 Å². The Hall–Kier alpha value is -5.84. The molecular weight excluding hydrogens is 762 g/mol. The third-order valence-corrected chi connectivity index (χ3v) is 8.85. The maximum absolute atomic E-state index is 13.3. The molecule has 296 valence electrons. The maximum atomic E-state index is 13.3. The molecule has 0 unspecified atom stereocenters. The number of hydrogen-bond donors (Lipinski definition) is 4. The first-order valence-corrected chi connectivity index (χ1v) is 17.7. The largest absolute Gasteiger partial charge is 0.467 e. The van der Waals surface area contributed by atoms with Gasteiger partial charge in [0.05, 0.1) is 12.6 Å². The van der Waals surface area contributed by atoms with Crippen molar-refractivity contribution in [1.82, 2.24) is 25.6 Å². The lowest BCUT2D eigenvalue weighted by molar-refractivity contribution is -0.154. The van der Waals surface area contributed by atoms with Crippen molar-refractivity contribution >= 4 is 52.8 Å². The van der Waals surface area contributed by atoms with E-state index in [1.165, 1.54) is 36.4 Å². The number of methoxy groups -OCH3 is 1. The molecule has 0 saturated heterocycles. The van der Waals surface area contributed by atoms with E-state index in [1.54, 1.807) is 38.1 Å². The number of alkyl halides is 3. The van der Waals surface area contributed by atoms with Crippen molar-refractivity contribution in [2.45, 2.75) is 69.2 Å². The first-order valence-electron chi connectivity index (χ1n) is 17.3. The third kappa shape index (κ3) is 11.8. The minimum Gasteiger partial charge on any atom is -0.467 e. The number of ether oxygens (including phenoxy) is 2. The number of nitrogens with one attached hydrogen (secondary N) is 4. The number of carbonyl (C=O) groups is 4. The fourth-order valence-corrected chi connectivity index (χ4v) is 5.79. The molecule has 18 heteroatoms. The smallest absolute Gasteiger partial charge is 0.422 e. The molecule has 2 amide bonds. The second-order valence-corrected chi connectivity index (χ2v) is 14.2. The number of amides is 2. The molecule has 4 aromatic rings. The molecule has 1 aliphatic rings. The Morgan fingerprint density at radius 1 is 0.893 bits per heavy atom. The molecule has 1 heterocycles. The Balaban J connectivity index is 1.21. The molecule has 0 spiro atoms. The first-order chi connectivity index (χ1) is 26.4. The number of halogens is 5. The molecule has 13 nitrogen and oxygen atoms in total. The van der Waals surface area contributed by atoms with Crippen LogP contribution in [0.25, 0.3) is 0 Å². The summed E-state index contributed by atoms with van der Waals surface area (Å²) in [5.41, 5.74) is 0.642. The summed E-state index contributed by atoms with van der Waals surface area (Å²) in [6.45, 7) is 1.78. The van der Waals surface area contributed by atoms with E-state index in [1.807, 2.05) is 12.1 Å². The minimum atomic E-state index is -4.65. The van der Waals surface area contributed by atoms with E-state index in [0.29, 0.717) is 30.0 Å². The molecule has 1 aliphatic carbocycles. The molecule has 1 aromatic heterocycles. The van der Waals surface area contributed by atoms with E-state index in [2.05, 4.69) is 36.2 Å². The standard InChI is InChI=1S/C38H38ClF4N7O6/c1-36(2,20-22-4-12-26(40)13-5-22)49-31(53)29(51)17-16-28(32(54)55-3)45-30(52)23-6-14-27(15-7-23)44-33-46-34(48-35(47-33)56-21-38(41,42)43)50-37(18-19-37)24-8-10-25(39)11-9-24/h4-15,28H,16-21H2,1-3H3,(H,45,52)(H,49,53)(H2,44,46,47,48,50)/t28-/m0/s1. The van der Waals surface area contributed by atoms with Crippen molar-refractivity contribution in [2.75, 3.05) is 24.4 Å². The van der Waals surface area contributed by atoms with Gasteiger partial charge >= 0.3 is 18.2 Å².